The number of carbonyl (C=O) groups is 1. The fourth-order valence-electron chi connectivity index (χ4n) is 8.27. The molecule has 0 saturated heterocycles. The van der Waals surface area contributed by atoms with Crippen LogP contribution in [0.4, 0.5) is 11.4 Å². The fourth-order valence-corrected chi connectivity index (χ4v) is 8.27. The molecule has 396 valence electrons. The molecule has 3 heterocycles. The molecule has 14 nitrogen and oxygen atoms in total. The van der Waals surface area contributed by atoms with Gasteiger partial charge in [-0.15, -0.1) is 0 Å². The lowest BCUT2D eigenvalue weighted by atomic mass is 9.88. The number of aliphatic hydroxyl groups is 2. The van der Waals surface area contributed by atoms with E-state index in [4.69, 9.17) is 59.0 Å². The molecule has 0 bridgehead atoms. The number of nitrogens with zero attached hydrogens (tertiary/aromatic N) is 5. The van der Waals surface area contributed by atoms with Crippen LogP contribution in [0.25, 0.3) is 9.69 Å². The molecule has 10 rings (SSSR count). The van der Waals surface area contributed by atoms with Crippen molar-refractivity contribution in [1.82, 2.24) is 0 Å². The van der Waals surface area contributed by atoms with Crippen LogP contribution in [0.15, 0.2) is 136 Å². The Hall–Kier alpha value is -7.20. The van der Waals surface area contributed by atoms with E-state index in [2.05, 4.69) is 86.6 Å². The zero-order valence-electron chi connectivity index (χ0n) is 44.0. The van der Waals surface area contributed by atoms with E-state index in [1.54, 1.807) is 18.2 Å². The van der Waals surface area contributed by atoms with Gasteiger partial charge < -0.3 is 41.0 Å². The second kappa shape index (κ2) is 25.4. The van der Waals surface area contributed by atoms with Gasteiger partial charge in [-0.3, -0.25) is 0 Å². The van der Waals surface area contributed by atoms with Gasteiger partial charge in [0.15, 0.2) is 11.4 Å². The zero-order valence-corrected chi connectivity index (χ0v) is 44.0. The maximum absolute atomic E-state index is 10.4. The van der Waals surface area contributed by atoms with Crippen LogP contribution in [0.2, 0.25) is 0 Å². The Morgan fingerprint density at radius 1 is 0.667 bits per heavy atom. The number of fused-ring (bicyclic) bond motifs is 4. The van der Waals surface area contributed by atoms with Gasteiger partial charge in [0.1, 0.15) is 25.4 Å². The first-order valence-corrected chi connectivity index (χ1v) is 24.9. The molecule has 2 aliphatic carbocycles. The number of carboxylic acid groups (broad SMARTS) is 1. The summed E-state index contributed by atoms with van der Waals surface area (Å²) in [5.74, 6) is 1.11. The van der Waals surface area contributed by atoms with Gasteiger partial charge >= 0.3 is 5.97 Å². The van der Waals surface area contributed by atoms with E-state index >= 15 is 0 Å². The highest BCUT2D eigenvalue weighted by molar-refractivity contribution is 6.01. The molecular weight excluding hydrogens is 943 g/mol. The maximum Gasteiger partial charge on any atom is 0.334 e. The van der Waals surface area contributed by atoms with Crippen molar-refractivity contribution in [2.24, 2.45) is 42.7 Å². The molecule has 0 fully saturated rings. The monoisotopic (exact) mass is 1020 g/mol. The van der Waals surface area contributed by atoms with E-state index in [-0.39, 0.29) is 78.3 Å². The minimum atomic E-state index is -1.00. The molecule has 5 aliphatic rings. The topological polar surface area (TPSA) is 203 Å². The molecule has 14 heteroatoms. The van der Waals surface area contributed by atoms with Crippen LogP contribution >= 0.6 is 0 Å². The number of hydrogen-bond acceptors (Lipinski definition) is 11. The second-order valence-electron chi connectivity index (χ2n) is 22.1. The Labute approximate surface area is 443 Å². The average molecular weight is 1020 g/mol. The number of aromatic carboxylic acids is 1. The number of carboxylic acids is 1. The quantitative estimate of drug-likeness (QED) is 0.106. The van der Waals surface area contributed by atoms with Crippen LogP contribution in [0.1, 0.15) is 131 Å². The Kier molecular flexibility index (Phi) is 19.8. The Morgan fingerprint density at radius 3 is 1.63 bits per heavy atom. The molecule has 0 spiro atoms. The van der Waals surface area contributed by atoms with Gasteiger partial charge in [0.05, 0.1) is 44.0 Å². The van der Waals surface area contributed by atoms with Crippen molar-refractivity contribution >= 4 is 35.0 Å². The number of aliphatic imine (C=N–C) groups is 3. The predicted octanol–water partition coefficient (Wildman–Crippen LogP) is 11.3. The lowest BCUT2D eigenvalue weighted by Gasteiger charge is -2.24. The summed E-state index contributed by atoms with van der Waals surface area (Å²) in [7, 11) is 0. The molecule has 3 aliphatic heterocycles. The first-order chi connectivity index (χ1) is 35.0. The molecule has 0 saturated carbocycles. The molecule has 5 aromatic carbocycles. The van der Waals surface area contributed by atoms with Crippen molar-refractivity contribution in [2.75, 3.05) is 19.8 Å². The molecule has 0 radical (unpaired) electrons. The molecule has 7 atom stereocenters. The number of hydrogen-bond donors (Lipinski definition) is 5. The molecule has 0 aromatic heterocycles. The van der Waals surface area contributed by atoms with Gasteiger partial charge in [0, 0.05) is 41.1 Å². The summed E-state index contributed by atoms with van der Waals surface area (Å²) in [4.78, 5) is 31.2. The highest BCUT2D eigenvalue weighted by Crippen LogP contribution is 2.41. The van der Waals surface area contributed by atoms with Gasteiger partial charge in [0.2, 0.25) is 17.7 Å². The van der Waals surface area contributed by atoms with Crippen LogP contribution in [0, 0.1) is 29.4 Å². The highest BCUT2D eigenvalue weighted by atomic mass is 16.5. The molecular formula is C61H75N7O7. The van der Waals surface area contributed by atoms with Crippen LogP contribution in [-0.4, -0.2) is 89.1 Å². The smallest absolute Gasteiger partial charge is 0.334 e. The summed E-state index contributed by atoms with van der Waals surface area (Å²) in [6.45, 7) is 34.0. The van der Waals surface area contributed by atoms with E-state index in [9.17, 15) is 9.90 Å². The van der Waals surface area contributed by atoms with E-state index in [1.165, 1.54) is 28.8 Å². The van der Waals surface area contributed by atoms with E-state index in [1.807, 2.05) is 81.4 Å². The Bertz CT molecular complexity index is 2930. The van der Waals surface area contributed by atoms with Gasteiger partial charge in [-0.05, 0) is 68.8 Å². The minimum Gasteiger partial charge on any atom is -0.478 e. The molecule has 1 unspecified atom stereocenters. The number of ether oxygens (including phenoxy) is 3. The lowest BCUT2D eigenvalue weighted by molar-refractivity contribution is 0.0696. The van der Waals surface area contributed by atoms with E-state index in [0.29, 0.717) is 36.9 Å². The largest absolute Gasteiger partial charge is 0.478 e. The van der Waals surface area contributed by atoms with E-state index < -0.39 is 5.97 Å². The van der Waals surface area contributed by atoms with Gasteiger partial charge in [-0.2, -0.15) is 0 Å². The van der Waals surface area contributed by atoms with Crippen LogP contribution < -0.4 is 11.5 Å². The first-order valence-electron chi connectivity index (χ1n) is 24.9. The van der Waals surface area contributed by atoms with Gasteiger partial charge in [-0.25, -0.2) is 29.5 Å². The summed E-state index contributed by atoms with van der Waals surface area (Å²) < 4.78 is 17.7. The SMILES string of the molecule is C.CC(C)(C)[C@H](N)CO.CC(C)(C)[C@H]1COC(c2cccc(C3=NC4c5ccccc5C[C@H]4O3)c2)=N1.N[C@H]1c2ccccc2C[C@H]1O.[C-]#[N+]c1cccc(C(=O)O)c1.[C-]#[N+]c1cccc(C2=N[C@@H](C(C)(C)C)CO2)c1. The number of nitrogens with two attached hydrogens (primary N) is 2. The van der Waals surface area contributed by atoms with Crippen LogP contribution in [0.5, 0.6) is 0 Å². The Balaban J connectivity index is 0.000000187. The Morgan fingerprint density at radius 2 is 1.15 bits per heavy atom. The summed E-state index contributed by atoms with van der Waals surface area (Å²) in [5.41, 5.74) is 20.4. The highest BCUT2D eigenvalue weighted by Gasteiger charge is 2.40. The van der Waals surface area contributed by atoms with Gasteiger partial charge in [0.25, 0.3) is 0 Å². The summed E-state index contributed by atoms with van der Waals surface area (Å²) in [5, 5.41) is 26.4. The van der Waals surface area contributed by atoms with Crippen LogP contribution in [0.3, 0.4) is 0 Å². The van der Waals surface area contributed by atoms with Crippen molar-refractivity contribution in [2.45, 2.75) is 125 Å². The molecule has 7 N–H and O–H groups in total. The summed E-state index contributed by atoms with van der Waals surface area (Å²) >= 11 is 0. The predicted molar refractivity (Wildman–Crippen MR) is 299 cm³/mol. The van der Waals surface area contributed by atoms with E-state index in [0.717, 1.165) is 40.5 Å². The molecule has 0 amide bonds. The third-order valence-electron chi connectivity index (χ3n) is 13.3. The van der Waals surface area contributed by atoms with Crippen molar-refractivity contribution < 1.29 is 34.3 Å². The van der Waals surface area contributed by atoms with Crippen molar-refractivity contribution in [1.29, 1.82) is 0 Å². The molecule has 75 heavy (non-hydrogen) atoms. The number of benzene rings is 5. The van der Waals surface area contributed by atoms with Gasteiger partial charge in [-0.1, -0.05) is 161 Å². The molecule has 5 aromatic rings. The number of rotatable bonds is 5. The standard InChI is InChI=1S/C23H24N2O2.C14H16N2O.C9H11NO.C8H5NO2.C6H15NO.CH4/c1-23(2,3)19-13-26-21(24-19)15-8-6-9-16(11-15)22-25-20-17-10-5-4-7-14(17)12-18(20)27-22;1-14(2,3)12-9-17-13(16-12)10-6-5-7-11(8-10)15-4;10-9-7-4-2-1-3-6(7)5-8(9)11;1-9-7-4-2-3-6(5-7)8(10)11;1-6(2,3)5(7)4-8;/h4-11,18-20H,12-13H2,1-3H3;5-8,12H,9H2,1-3H3;1-4,8-9,11H,5,10H2;2-5H,(H,10,11);5,8H,4,7H2,1-3H3;1H4/t18-,19-,20?;12-;8-,9+;;5-;/m111.1./s1. The first kappa shape index (κ1) is 58.7. The summed E-state index contributed by atoms with van der Waals surface area (Å²) in [6.07, 6.45) is 1.37. The fraction of sp³-hybridized carbons (Fsp3) is 0.410. The van der Waals surface area contributed by atoms with Crippen molar-refractivity contribution in [3.8, 4) is 0 Å². The summed E-state index contributed by atoms with van der Waals surface area (Å²) in [6, 6.07) is 38.2. The van der Waals surface area contributed by atoms with Crippen LogP contribution in [-0.2, 0) is 27.1 Å². The normalized spacial score (nSPS) is 20.9. The lowest BCUT2D eigenvalue weighted by Crippen LogP contribution is -2.37. The minimum absolute atomic E-state index is 0. The number of aliphatic hydroxyl groups excluding tert-OH is 2. The third kappa shape index (κ3) is 15.4. The van der Waals surface area contributed by atoms with Crippen molar-refractivity contribution in [3.63, 3.8) is 0 Å². The maximum atomic E-state index is 10.4. The second-order valence-corrected chi connectivity index (χ2v) is 22.1. The third-order valence-corrected chi connectivity index (χ3v) is 13.3. The average Bonchev–Trinajstić information content (AvgIpc) is 4.24. The zero-order chi connectivity index (χ0) is 54.0. The van der Waals surface area contributed by atoms with Crippen molar-refractivity contribution in [3.05, 3.63) is 189 Å².